The van der Waals surface area contributed by atoms with Gasteiger partial charge < -0.3 is 0 Å². The van der Waals surface area contributed by atoms with E-state index in [1.165, 1.54) is 17.0 Å². The first-order valence-corrected chi connectivity index (χ1v) is 20.2. The number of rotatable bonds is 4. The number of hydrogen-bond donors (Lipinski definition) is 0. The largest absolute Gasteiger partial charge is 0.362 e. The van der Waals surface area contributed by atoms with Crippen LogP contribution in [-0.2, 0) is 0 Å². The summed E-state index contributed by atoms with van der Waals surface area (Å²) in [5, 5.41) is 23.7. The van der Waals surface area contributed by atoms with Crippen LogP contribution >= 0.6 is 46.1 Å². The molecule has 0 unspecified atom stereocenters. The summed E-state index contributed by atoms with van der Waals surface area (Å²) in [5.74, 6) is 27.5. The molecule has 0 atom stereocenters. The third-order valence-electron chi connectivity index (χ3n) is 7.54. The van der Waals surface area contributed by atoms with Crippen LogP contribution in [-0.4, -0.2) is 19.3 Å². The number of nitro benzene ring substituents is 2. The summed E-state index contributed by atoms with van der Waals surface area (Å²) in [6.45, 7) is 12.9. The molecule has 57 heavy (non-hydrogen) atoms. The van der Waals surface area contributed by atoms with Crippen LogP contribution in [0.25, 0.3) is 0 Å². The van der Waals surface area contributed by atoms with E-state index in [1.807, 2.05) is 72.4 Å². The number of nitrogens with zero attached hydrogens (tertiary/aromatic N) is 2. The number of thioether (sulfide) groups is 2. The molecule has 0 N–H and O–H groups in total. The van der Waals surface area contributed by atoms with Crippen LogP contribution in [0.5, 0.6) is 0 Å². The first kappa shape index (κ1) is 42.3. The Labute approximate surface area is 356 Å². The molecule has 0 saturated heterocycles. The Kier molecular flexibility index (Phi) is 13.6. The average molecular weight is 895 g/mol. The van der Waals surface area contributed by atoms with Gasteiger partial charge in [0, 0.05) is 61.8 Å². The molecule has 0 bridgehead atoms. The molecule has 0 radical (unpaired) electrons. The maximum absolute atomic E-state index is 12.0. The normalized spacial score (nSPS) is 10.6. The molecule has 0 spiro atoms. The van der Waals surface area contributed by atoms with Crippen LogP contribution in [0, 0.1) is 83.5 Å². The fourth-order valence-corrected chi connectivity index (χ4v) is 7.75. The summed E-state index contributed by atoms with van der Waals surface area (Å²) in [5.41, 5.74) is 3.46. The number of halogens is 1. The Balaban J connectivity index is 1.45. The van der Waals surface area contributed by atoms with Crippen molar-refractivity contribution in [2.45, 2.75) is 60.8 Å². The van der Waals surface area contributed by atoms with Gasteiger partial charge in [0.15, 0.2) is 0 Å². The van der Waals surface area contributed by atoms with Crippen molar-refractivity contribution in [3.05, 3.63) is 171 Å². The van der Waals surface area contributed by atoms with Crippen molar-refractivity contribution in [1.29, 1.82) is 0 Å². The molecule has 5 rings (SSSR count). The second-order valence-corrected chi connectivity index (χ2v) is 19.4. The van der Waals surface area contributed by atoms with E-state index in [0.29, 0.717) is 11.1 Å². The standard InChI is InChI=1S/C48H35IN2O4S2/c1-8-37-21-23-39(46(51(54)55)45(37)50(52)53)24-22-38-25-26-42(56-47(2,3)4)31-40(38)19-17-35-13-9-11-33(29-35)15-16-34-12-10-14-36(30-34)18-20-41-32-43(27-28-44(41)49)57-48(5,6)7/h1,9-14,21,23,25-32H,2-7H3. The van der Waals surface area contributed by atoms with Crippen molar-refractivity contribution >= 4 is 57.5 Å². The molecule has 0 heterocycles. The van der Waals surface area contributed by atoms with Crippen molar-refractivity contribution in [2.75, 3.05) is 0 Å². The monoisotopic (exact) mass is 894 g/mol. The minimum absolute atomic E-state index is 0.0782. The molecule has 280 valence electrons. The third kappa shape index (κ3) is 12.3. The zero-order chi connectivity index (χ0) is 41.3. The summed E-state index contributed by atoms with van der Waals surface area (Å²) < 4.78 is 1.13. The van der Waals surface area contributed by atoms with Gasteiger partial charge in [-0.3, -0.25) is 20.2 Å². The van der Waals surface area contributed by atoms with E-state index >= 15 is 0 Å². The first-order chi connectivity index (χ1) is 27.0. The van der Waals surface area contributed by atoms with Crippen molar-refractivity contribution in [3.63, 3.8) is 0 Å². The Morgan fingerprint density at radius 1 is 0.509 bits per heavy atom. The molecule has 0 aromatic heterocycles. The zero-order valence-corrected chi connectivity index (χ0v) is 35.8. The molecular weight excluding hydrogens is 860 g/mol. The smallest absolute Gasteiger partial charge is 0.258 e. The SMILES string of the molecule is C#Cc1ccc(C#Cc2ccc(SC(C)(C)C)cc2C#Cc2cccc(C#Cc3cccc(C#Cc4cc(SC(C)(C)C)ccc4I)c3)c2)c([N+](=O)[O-])c1[N+](=O)[O-]. The maximum atomic E-state index is 12.0. The third-order valence-corrected chi connectivity index (χ3v) is 10.7. The second-order valence-electron chi connectivity index (χ2n) is 14.5. The van der Waals surface area contributed by atoms with Crippen molar-refractivity contribution in [1.82, 2.24) is 0 Å². The summed E-state index contributed by atoms with van der Waals surface area (Å²) >= 11 is 5.80. The van der Waals surface area contributed by atoms with Crippen LogP contribution in [0.15, 0.2) is 107 Å². The zero-order valence-electron chi connectivity index (χ0n) is 32.0. The molecule has 0 aliphatic carbocycles. The Morgan fingerprint density at radius 3 is 1.39 bits per heavy atom. The van der Waals surface area contributed by atoms with Crippen LogP contribution in [0.2, 0.25) is 0 Å². The number of terminal acetylenes is 1. The first-order valence-electron chi connectivity index (χ1n) is 17.5. The molecule has 0 aliphatic rings. The molecule has 9 heteroatoms. The second kappa shape index (κ2) is 18.4. The van der Waals surface area contributed by atoms with Gasteiger partial charge in [0.25, 0.3) is 0 Å². The molecule has 0 amide bonds. The predicted molar refractivity (Wildman–Crippen MR) is 241 cm³/mol. The average Bonchev–Trinajstić information content (AvgIpc) is 3.14. The van der Waals surface area contributed by atoms with Crippen LogP contribution in [0.1, 0.15) is 91.6 Å². The Hall–Kier alpha value is -5.87. The van der Waals surface area contributed by atoms with Crippen molar-refractivity contribution < 1.29 is 9.85 Å². The van der Waals surface area contributed by atoms with Crippen molar-refractivity contribution in [2.24, 2.45) is 0 Å². The summed E-state index contributed by atoms with van der Waals surface area (Å²) in [6, 6.07) is 30.1. The lowest BCUT2D eigenvalue weighted by Crippen LogP contribution is -2.06. The van der Waals surface area contributed by atoms with Crippen molar-refractivity contribution in [3.8, 4) is 59.7 Å². The van der Waals surface area contributed by atoms with Gasteiger partial charge in [-0.1, -0.05) is 107 Å². The molecule has 5 aromatic carbocycles. The highest BCUT2D eigenvalue weighted by atomic mass is 127. The van der Waals surface area contributed by atoms with Gasteiger partial charge >= 0.3 is 11.4 Å². The van der Waals surface area contributed by atoms with Gasteiger partial charge in [-0.2, -0.15) is 0 Å². The topological polar surface area (TPSA) is 86.3 Å². The molecule has 0 aliphatic heterocycles. The van der Waals surface area contributed by atoms with E-state index in [-0.39, 0.29) is 20.6 Å². The van der Waals surface area contributed by atoms with E-state index in [4.69, 9.17) is 6.42 Å². The quantitative estimate of drug-likeness (QED) is 0.0587. The maximum Gasteiger partial charge on any atom is 0.362 e. The Morgan fingerprint density at radius 2 is 0.895 bits per heavy atom. The summed E-state index contributed by atoms with van der Waals surface area (Å²) in [4.78, 5) is 24.2. The van der Waals surface area contributed by atoms with Gasteiger partial charge in [0.1, 0.15) is 11.1 Å². The van der Waals surface area contributed by atoms with Gasteiger partial charge in [-0.05, 0) is 108 Å². The number of hydrogen-bond acceptors (Lipinski definition) is 6. The lowest BCUT2D eigenvalue weighted by molar-refractivity contribution is -0.422. The Bertz CT molecular complexity index is 2730. The minimum Gasteiger partial charge on any atom is -0.258 e. The molecule has 5 aromatic rings. The van der Waals surface area contributed by atoms with Gasteiger partial charge in [0.05, 0.1) is 9.85 Å². The minimum atomic E-state index is -0.853. The van der Waals surface area contributed by atoms with E-state index in [1.54, 1.807) is 17.8 Å². The van der Waals surface area contributed by atoms with Crippen LogP contribution in [0.3, 0.4) is 0 Å². The number of benzene rings is 5. The molecule has 0 saturated carbocycles. The molecule has 6 nitrogen and oxygen atoms in total. The highest BCUT2D eigenvalue weighted by Gasteiger charge is 2.31. The fourth-order valence-electron chi connectivity index (χ4n) is 5.24. The lowest BCUT2D eigenvalue weighted by Gasteiger charge is -2.17. The van der Waals surface area contributed by atoms with Gasteiger partial charge in [-0.25, -0.2) is 0 Å². The predicted octanol–water partition coefficient (Wildman–Crippen LogP) is 11.5. The van der Waals surface area contributed by atoms with E-state index < -0.39 is 21.2 Å². The van der Waals surface area contributed by atoms with E-state index in [2.05, 4.69) is 136 Å². The van der Waals surface area contributed by atoms with Gasteiger partial charge in [0.2, 0.25) is 0 Å². The lowest BCUT2D eigenvalue weighted by atomic mass is 10.0. The summed E-state index contributed by atoms with van der Waals surface area (Å²) in [6.07, 6.45) is 5.39. The van der Waals surface area contributed by atoms with E-state index in [9.17, 15) is 20.2 Å². The number of nitro groups is 2. The van der Waals surface area contributed by atoms with Gasteiger partial charge in [-0.15, -0.1) is 29.9 Å². The van der Waals surface area contributed by atoms with Crippen LogP contribution < -0.4 is 0 Å². The highest BCUT2D eigenvalue weighted by molar-refractivity contribution is 14.1. The molecular formula is C48H35IN2O4S2. The summed E-state index contributed by atoms with van der Waals surface area (Å²) in [7, 11) is 0. The van der Waals surface area contributed by atoms with E-state index in [0.717, 1.165) is 36.3 Å². The fraction of sp³-hybridized carbons (Fsp3) is 0.167. The van der Waals surface area contributed by atoms with Crippen LogP contribution in [0.4, 0.5) is 11.4 Å². The molecule has 0 fully saturated rings. The highest BCUT2D eigenvalue weighted by Crippen LogP contribution is 2.35.